The molecule has 2 aromatic heterocycles. The van der Waals surface area contributed by atoms with Crippen molar-refractivity contribution in [3.8, 4) is 5.75 Å². The first-order chi connectivity index (χ1) is 13.3. The summed E-state index contributed by atoms with van der Waals surface area (Å²) in [6.07, 6.45) is 5.95. The number of ether oxygens (including phenoxy) is 1. The highest BCUT2D eigenvalue weighted by molar-refractivity contribution is 7.09. The predicted octanol–water partition coefficient (Wildman–Crippen LogP) is 4.02. The number of amides is 1. The van der Waals surface area contributed by atoms with Gasteiger partial charge in [0.25, 0.3) is 0 Å². The Balaban J connectivity index is 1.36. The molecule has 1 aromatic carbocycles. The van der Waals surface area contributed by atoms with Gasteiger partial charge in [-0.25, -0.2) is 4.98 Å². The van der Waals surface area contributed by atoms with E-state index < -0.39 is 0 Å². The molecule has 0 bridgehead atoms. The summed E-state index contributed by atoms with van der Waals surface area (Å²) in [7, 11) is 0. The Hall–Kier alpha value is -2.73. The number of hydrogen-bond donors (Lipinski definition) is 0. The van der Waals surface area contributed by atoms with Gasteiger partial charge in [-0.1, -0.05) is 18.2 Å². The van der Waals surface area contributed by atoms with Crippen LogP contribution >= 0.6 is 11.3 Å². The molecule has 4 rings (SSSR count). The zero-order chi connectivity index (χ0) is 18.5. The van der Waals surface area contributed by atoms with Gasteiger partial charge < -0.3 is 9.64 Å². The standard InChI is InChI=1S/C21H21N3O2S/c25-21(24-12-4-7-19(24)16-8-10-22-11-9-16)13-17-15-27-20(23-17)14-26-18-5-2-1-3-6-18/h1-3,5-6,8-11,15,19H,4,7,12-14H2. The van der Waals surface area contributed by atoms with E-state index in [-0.39, 0.29) is 11.9 Å². The molecule has 1 fully saturated rings. The van der Waals surface area contributed by atoms with Crippen LogP contribution in [0.15, 0.2) is 60.2 Å². The third-order valence-corrected chi connectivity index (χ3v) is 5.57. The maximum Gasteiger partial charge on any atom is 0.229 e. The molecular formula is C21H21N3O2S. The van der Waals surface area contributed by atoms with Crippen LogP contribution in [0.5, 0.6) is 5.75 Å². The van der Waals surface area contributed by atoms with E-state index in [9.17, 15) is 4.79 Å². The van der Waals surface area contributed by atoms with Crippen molar-refractivity contribution < 1.29 is 9.53 Å². The zero-order valence-corrected chi connectivity index (χ0v) is 15.8. The molecule has 1 saturated heterocycles. The van der Waals surface area contributed by atoms with Crippen LogP contribution in [0, 0.1) is 0 Å². The zero-order valence-electron chi connectivity index (χ0n) is 15.0. The summed E-state index contributed by atoms with van der Waals surface area (Å²) < 4.78 is 5.73. The normalized spacial score (nSPS) is 16.4. The summed E-state index contributed by atoms with van der Waals surface area (Å²) in [6.45, 7) is 1.23. The number of likely N-dealkylation sites (tertiary alicyclic amines) is 1. The topological polar surface area (TPSA) is 55.3 Å². The molecule has 27 heavy (non-hydrogen) atoms. The lowest BCUT2D eigenvalue weighted by Gasteiger charge is -2.24. The summed E-state index contributed by atoms with van der Waals surface area (Å²) in [5.41, 5.74) is 1.98. The van der Waals surface area contributed by atoms with Crippen molar-refractivity contribution in [2.24, 2.45) is 0 Å². The second-order valence-corrected chi connectivity index (χ2v) is 7.48. The highest BCUT2D eigenvalue weighted by Gasteiger charge is 2.30. The minimum atomic E-state index is 0.134. The maximum atomic E-state index is 12.8. The summed E-state index contributed by atoms with van der Waals surface area (Å²) in [6, 6.07) is 13.8. The van der Waals surface area contributed by atoms with Gasteiger partial charge in [-0.3, -0.25) is 9.78 Å². The van der Waals surface area contributed by atoms with Crippen LogP contribution in [0.1, 0.15) is 35.1 Å². The average Bonchev–Trinajstić information content (AvgIpc) is 3.37. The Morgan fingerprint density at radius 2 is 2.00 bits per heavy atom. The van der Waals surface area contributed by atoms with E-state index in [4.69, 9.17) is 4.74 Å². The second-order valence-electron chi connectivity index (χ2n) is 6.54. The summed E-state index contributed by atoms with van der Waals surface area (Å²) in [4.78, 5) is 23.5. The Labute approximate surface area is 162 Å². The van der Waals surface area contributed by atoms with Crippen LogP contribution in [0.25, 0.3) is 0 Å². The fraction of sp³-hybridized carbons (Fsp3) is 0.286. The third kappa shape index (κ3) is 4.34. The lowest BCUT2D eigenvalue weighted by molar-refractivity contribution is -0.131. The Bertz CT molecular complexity index is 883. The monoisotopic (exact) mass is 379 g/mol. The molecule has 0 saturated carbocycles. The first kappa shape index (κ1) is 17.7. The molecule has 0 aliphatic carbocycles. The number of nitrogens with zero attached hydrogens (tertiary/aromatic N) is 3. The van der Waals surface area contributed by atoms with Crippen LogP contribution in [-0.2, 0) is 17.8 Å². The van der Waals surface area contributed by atoms with Crippen molar-refractivity contribution in [3.05, 3.63) is 76.5 Å². The molecule has 1 unspecified atom stereocenters. The van der Waals surface area contributed by atoms with Crippen LogP contribution < -0.4 is 4.74 Å². The Kier molecular flexibility index (Phi) is 5.44. The Morgan fingerprint density at radius 1 is 1.19 bits per heavy atom. The third-order valence-electron chi connectivity index (χ3n) is 4.70. The molecule has 3 heterocycles. The van der Waals surface area contributed by atoms with Crippen LogP contribution in [0.2, 0.25) is 0 Å². The van der Waals surface area contributed by atoms with Crippen LogP contribution in [0.4, 0.5) is 0 Å². The van der Waals surface area contributed by atoms with Crippen molar-refractivity contribution in [2.75, 3.05) is 6.54 Å². The van der Waals surface area contributed by atoms with Gasteiger partial charge in [-0.2, -0.15) is 0 Å². The molecule has 0 N–H and O–H groups in total. The number of thiazole rings is 1. The van der Waals surface area contributed by atoms with Crippen LogP contribution in [0.3, 0.4) is 0 Å². The molecule has 3 aromatic rings. The van der Waals surface area contributed by atoms with Gasteiger partial charge in [0.15, 0.2) is 0 Å². The van der Waals surface area contributed by atoms with E-state index in [1.807, 2.05) is 52.7 Å². The van der Waals surface area contributed by atoms with Gasteiger partial charge in [0, 0.05) is 24.3 Å². The largest absolute Gasteiger partial charge is 0.486 e. The number of para-hydroxylation sites is 1. The Morgan fingerprint density at radius 3 is 2.81 bits per heavy atom. The maximum absolute atomic E-state index is 12.8. The molecule has 1 amide bonds. The van der Waals surface area contributed by atoms with Crippen LogP contribution in [-0.4, -0.2) is 27.3 Å². The predicted molar refractivity (Wildman–Crippen MR) is 105 cm³/mol. The SMILES string of the molecule is O=C(Cc1csc(COc2ccccc2)n1)N1CCCC1c1ccncc1. The molecular weight excluding hydrogens is 358 g/mol. The second kappa shape index (κ2) is 8.31. The molecule has 0 spiro atoms. The minimum absolute atomic E-state index is 0.134. The van der Waals surface area contributed by atoms with E-state index >= 15 is 0 Å². The van der Waals surface area contributed by atoms with Gasteiger partial charge >= 0.3 is 0 Å². The summed E-state index contributed by atoms with van der Waals surface area (Å²) in [5, 5.41) is 2.84. The summed E-state index contributed by atoms with van der Waals surface area (Å²) in [5.74, 6) is 0.956. The van der Waals surface area contributed by atoms with Crippen molar-refractivity contribution in [2.45, 2.75) is 31.9 Å². The van der Waals surface area contributed by atoms with E-state index in [1.54, 1.807) is 12.4 Å². The molecule has 1 aliphatic heterocycles. The van der Waals surface area contributed by atoms with Gasteiger partial charge in [-0.05, 0) is 42.7 Å². The van der Waals surface area contributed by atoms with E-state index in [1.165, 1.54) is 11.3 Å². The quantitative estimate of drug-likeness (QED) is 0.649. The molecule has 6 heteroatoms. The number of carbonyl (C=O) groups is 1. The number of aromatic nitrogens is 2. The summed E-state index contributed by atoms with van der Waals surface area (Å²) >= 11 is 1.54. The number of rotatable bonds is 6. The van der Waals surface area contributed by atoms with Crippen molar-refractivity contribution in [1.82, 2.24) is 14.9 Å². The first-order valence-corrected chi connectivity index (χ1v) is 9.98. The lowest BCUT2D eigenvalue weighted by Crippen LogP contribution is -2.31. The van der Waals surface area contributed by atoms with Crippen molar-refractivity contribution in [3.63, 3.8) is 0 Å². The smallest absolute Gasteiger partial charge is 0.229 e. The number of carbonyl (C=O) groups excluding carboxylic acids is 1. The molecule has 1 aliphatic rings. The number of hydrogen-bond acceptors (Lipinski definition) is 5. The highest BCUT2D eigenvalue weighted by Crippen LogP contribution is 2.32. The van der Waals surface area contributed by atoms with Gasteiger partial charge in [-0.15, -0.1) is 11.3 Å². The fourth-order valence-corrected chi connectivity index (χ4v) is 4.12. The molecule has 0 radical (unpaired) electrons. The number of benzene rings is 1. The van der Waals surface area contributed by atoms with Gasteiger partial charge in [0.05, 0.1) is 18.2 Å². The fourth-order valence-electron chi connectivity index (χ4n) is 3.41. The van der Waals surface area contributed by atoms with Gasteiger partial charge in [0.2, 0.25) is 5.91 Å². The minimum Gasteiger partial charge on any atom is -0.486 e. The number of pyridine rings is 1. The van der Waals surface area contributed by atoms with Crippen molar-refractivity contribution in [1.29, 1.82) is 0 Å². The molecule has 1 atom stereocenters. The molecule has 138 valence electrons. The highest BCUT2D eigenvalue weighted by atomic mass is 32.1. The van der Waals surface area contributed by atoms with E-state index in [0.29, 0.717) is 13.0 Å². The van der Waals surface area contributed by atoms with E-state index in [0.717, 1.165) is 41.4 Å². The van der Waals surface area contributed by atoms with Gasteiger partial charge in [0.1, 0.15) is 17.4 Å². The van der Waals surface area contributed by atoms with Crippen molar-refractivity contribution >= 4 is 17.2 Å². The first-order valence-electron chi connectivity index (χ1n) is 9.10. The molecule has 5 nitrogen and oxygen atoms in total. The van der Waals surface area contributed by atoms with E-state index in [2.05, 4.69) is 9.97 Å². The average molecular weight is 379 g/mol. The lowest BCUT2D eigenvalue weighted by atomic mass is 10.1.